The molecule has 0 atom stereocenters. The summed E-state index contributed by atoms with van der Waals surface area (Å²) in [5, 5.41) is 24.8. The van der Waals surface area contributed by atoms with Crippen LogP contribution in [0.25, 0.3) is 0 Å². The van der Waals surface area contributed by atoms with Crippen LogP contribution in [-0.4, -0.2) is 61.8 Å². The molecule has 10 heavy (non-hydrogen) atoms. The van der Waals surface area contributed by atoms with Crippen LogP contribution in [0, 0.1) is 5.92 Å². The minimum atomic E-state index is -0.997. The molecule has 3 N–H and O–H groups in total. The summed E-state index contributed by atoms with van der Waals surface area (Å²) < 4.78 is 0. The summed E-state index contributed by atoms with van der Waals surface area (Å²) in [6.07, 6.45) is -0.174. The van der Waals surface area contributed by atoms with Gasteiger partial charge in [-0.2, -0.15) is 0 Å². The zero-order valence-corrected chi connectivity index (χ0v) is 11.2. The van der Waals surface area contributed by atoms with Gasteiger partial charge in [0.15, 0.2) is 0 Å². The summed E-state index contributed by atoms with van der Waals surface area (Å²) in [4.78, 5) is 9.91. The van der Waals surface area contributed by atoms with Crippen LogP contribution in [0.4, 0.5) is 0 Å². The van der Waals surface area contributed by atoms with Gasteiger partial charge in [-0.05, 0) is 0 Å². The Morgan fingerprint density at radius 1 is 1.30 bits per heavy atom. The predicted octanol–water partition coefficient (Wildman–Crippen LogP) is -1.85. The van der Waals surface area contributed by atoms with Crippen molar-refractivity contribution in [2.75, 3.05) is 13.2 Å². The molecule has 0 saturated heterocycles. The molecule has 0 spiro atoms. The Morgan fingerprint density at radius 2 is 1.70 bits per heavy atom. The van der Waals surface area contributed by atoms with E-state index in [0.29, 0.717) is 0 Å². The van der Waals surface area contributed by atoms with Gasteiger partial charge in [0.05, 0.1) is 6.42 Å². The summed E-state index contributed by atoms with van der Waals surface area (Å²) in [7, 11) is 0. The molecule has 0 rings (SSSR count). The fourth-order valence-electron chi connectivity index (χ4n) is 0.434. The molecular weight excluding hydrogens is 331 g/mol. The molecule has 0 unspecified atom stereocenters. The van der Waals surface area contributed by atoms with E-state index in [2.05, 4.69) is 0 Å². The van der Waals surface area contributed by atoms with Gasteiger partial charge < -0.3 is 15.3 Å². The fraction of sp³-hybridized carbons (Fsp3) is 0.800. The third-order valence-corrected chi connectivity index (χ3v) is 0.980. The molecule has 60 valence electrons. The van der Waals surface area contributed by atoms with Gasteiger partial charge in [0, 0.05) is 19.1 Å². The molecule has 2 radical (unpaired) electrons. The Balaban J connectivity index is 0. The monoisotopic (exact) mass is 344 g/mol. The van der Waals surface area contributed by atoms with Crippen molar-refractivity contribution >= 4 is 33.3 Å². The number of carbonyl (C=O) groups is 1. The maximum atomic E-state index is 9.91. The van der Waals surface area contributed by atoms with Gasteiger partial charge in [0.25, 0.3) is 0 Å². The molecule has 0 aliphatic carbocycles. The van der Waals surface area contributed by atoms with E-state index in [9.17, 15) is 4.79 Å². The van der Waals surface area contributed by atoms with Crippen LogP contribution in [0.5, 0.6) is 0 Å². The van der Waals surface area contributed by atoms with Gasteiger partial charge in [-0.3, -0.25) is 4.79 Å². The summed E-state index contributed by atoms with van der Waals surface area (Å²) in [5.41, 5.74) is 0. The zero-order chi connectivity index (χ0) is 7.28. The van der Waals surface area contributed by atoms with Crippen molar-refractivity contribution in [3.05, 3.63) is 0 Å². The first kappa shape index (κ1) is 12.9. The normalized spacial score (nSPS) is 9.10. The van der Waals surface area contributed by atoms with Crippen molar-refractivity contribution in [2.24, 2.45) is 5.92 Å². The van der Waals surface area contributed by atoms with Crippen molar-refractivity contribution in [3.63, 3.8) is 0 Å². The van der Waals surface area contributed by atoms with Crippen LogP contribution in [0.1, 0.15) is 6.42 Å². The molecule has 0 amide bonds. The van der Waals surface area contributed by atoms with Crippen LogP contribution < -0.4 is 0 Å². The van der Waals surface area contributed by atoms with E-state index in [1.54, 1.807) is 0 Å². The Kier molecular flexibility index (Phi) is 9.60. The molecule has 0 aromatic heterocycles. The third-order valence-electron chi connectivity index (χ3n) is 0.980. The molecule has 0 saturated carbocycles. The second-order valence-corrected chi connectivity index (χ2v) is 1.83. The topological polar surface area (TPSA) is 77.8 Å². The number of hydrogen-bond donors (Lipinski definition) is 3. The first-order chi connectivity index (χ1) is 4.20. The SMILES string of the molecule is O=C(O)CC(CO)CO.[PbH2]. The van der Waals surface area contributed by atoms with Crippen molar-refractivity contribution in [1.29, 1.82) is 0 Å². The molecule has 0 aromatic carbocycles. The van der Waals surface area contributed by atoms with Gasteiger partial charge in [0.2, 0.25) is 0 Å². The Bertz CT molecular complexity index is 91.6. The Labute approximate surface area is 79.0 Å². The third kappa shape index (κ3) is 6.43. The second kappa shape index (κ2) is 7.42. The van der Waals surface area contributed by atoms with Gasteiger partial charge >= 0.3 is 33.3 Å². The number of carboxylic acids is 1. The van der Waals surface area contributed by atoms with Gasteiger partial charge in [0.1, 0.15) is 0 Å². The van der Waals surface area contributed by atoms with E-state index in [-0.39, 0.29) is 46.9 Å². The number of carboxylic acid groups (broad SMARTS) is 1. The van der Waals surface area contributed by atoms with Gasteiger partial charge in [-0.15, -0.1) is 0 Å². The van der Waals surface area contributed by atoms with E-state index in [4.69, 9.17) is 15.3 Å². The number of aliphatic carboxylic acids is 1. The van der Waals surface area contributed by atoms with Gasteiger partial charge in [-0.25, -0.2) is 0 Å². The fourth-order valence-corrected chi connectivity index (χ4v) is 0.434. The van der Waals surface area contributed by atoms with E-state index in [1.165, 1.54) is 0 Å². The predicted molar refractivity (Wildman–Crippen MR) is 38.5 cm³/mol. The summed E-state index contributed by atoms with van der Waals surface area (Å²) in [6.45, 7) is -0.550. The standard InChI is InChI=1S/C5H10O4.Pb.2H/c6-2-4(3-7)1-5(8)9;;;/h4,6-7H,1-3H2,(H,8,9);;;. The first-order valence-electron chi connectivity index (χ1n) is 2.64. The van der Waals surface area contributed by atoms with E-state index in [0.717, 1.165) is 0 Å². The van der Waals surface area contributed by atoms with Crippen LogP contribution in [0.2, 0.25) is 0 Å². The number of aliphatic hydroxyl groups excluding tert-OH is 2. The molecule has 4 nitrogen and oxygen atoms in total. The van der Waals surface area contributed by atoms with Crippen LogP contribution >= 0.6 is 0 Å². The second-order valence-electron chi connectivity index (χ2n) is 1.83. The van der Waals surface area contributed by atoms with Crippen LogP contribution in [0.3, 0.4) is 0 Å². The van der Waals surface area contributed by atoms with Crippen molar-refractivity contribution in [1.82, 2.24) is 0 Å². The number of aliphatic hydroxyl groups is 2. The van der Waals surface area contributed by atoms with Crippen LogP contribution in [0.15, 0.2) is 0 Å². The van der Waals surface area contributed by atoms with Gasteiger partial charge in [-0.1, -0.05) is 0 Å². The first-order valence-corrected chi connectivity index (χ1v) is 2.64. The molecule has 0 heterocycles. The zero-order valence-electron chi connectivity index (χ0n) is 5.66. The van der Waals surface area contributed by atoms with Crippen molar-refractivity contribution < 1.29 is 20.1 Å². The molecule has 0 bridgehead atoms. The summed E-state index contributed by atoms with van der Waals surface area (Å²) in [5.74, 6) is -1.51. The Morgan fingerprint density at radius 3 is 1.80 bits per heavy atom. The molecule has 0 fully saturated rings. The summed E-state index contributed by atoms with van der Waals surface area (Å²) >= 11 is 0. The minimum absolute atomic E-state index is 0. The molecule has 5 heteroatoms. The number of rotatable bonds is 4. The summed E-state index contributed by atoms with van der Waals surface area (Å²) in [6, 6.07) is 0. The molecule has 0 aliphatic rings. The molecular formula is C5H12O4Pb. The quantitative estimate of drug-likeness (QED) is 0.524. The number of hydrogen-bond acceptors (Lipinski definition) is 3. The van der Waals surface area contributed by atoms with Crippen molar-refractivity contribution in [3.8, 4) is 0 Å². The average molecular weight is 343 g/mol. The van der Waals surface area contributed by atoms with E-state index in [1.807, 2.05) is 0 Å². The van der Waals surface area contributed by atoms with E-state index >= 15 is 0 Å². The maximum absolute atomic E-state index is 9.91. The van der Waals surface area contributed by atoms with Crippen molar-refractivity contribution in [2.45, 2.75) is 6.42 Å². The molecule has 0 aliphatic heterocycles. The van der Waals surface area contributed by atoms with Crippen LogP contribution in [-0.2, 0) is 4.79 Å². The van der Waals surface area contributed by atoms with E-state index < -0.39 is 11.9 Å². The molecule has 0 aromatic rings. The average Bonchev–Trinajstić information content (AvgIpc) is 1.82. The Hall–Kier alpha value is 0.312.